The molecule has 1 rings (SSSR count). The van der Waals surface area contributed by atoms with Crippen LogP contribution in [-0.2, 0) is 4.79 Å². The number of hydrogen-bond donors (Lipinski definition) is 3. The van der Waals surface area contributed by atoms with Crippen LogP contribution in [0.4, 0.5) is 0 Å². The van der Waals surface area contributed by atoms with Crippen molar-refractivity contribution in [2.24, 2.45) is 11.8 Å². The molecular weight excluding hydrogens is 184 g/mol. The molecule has 0 heterocycles. The number of carboxylic acids is 1. The maximum Gasteiger partial charge on any atom is 0.306 e. The zero-order chi connectivity index (χ0) is 10.9. The zero-order valence-electron chi connectivity index (χ0n) is 8.60. The van der Waals surface area contributed by atoms with Gasteiger partial charge < -0.3 is 15.3 Å². The molecule has 3 unspecified atom stereocenters. The van der Waals surface area contributed by atoms with Gasteiger partial charge in [0.2, 0.25) is 0 Å². The summed E-state index contributed by atoms with van der Waals surface area (Å²) in [5.74, 6) is -1.53. The molecule has 4 heteroatoms. The van der Waals surface area contributed by atoms with E-state index >= 15 is 0 Å². The van der Waals surface area contributed by atoms with Crippen LogP contribution in [0.25, 0.3) is 0 Å². The minimum absolute atomic E-state index is 0.132. The van der Waals surface area contributed by atoms with Gasteiger partial charge in [-0.05, 0) is 39.0 Å². The minimum atomic E-state index is -0.908. The number of carbonyl (C=O) groups is 1. The SMILES string of the molecule is CC(C)(O)C1CC(O)CC(C(=O)O)C1. The van der Waals surface area contributed by atoms with Crippen molar-refractivity contribution < 1.29 is 20.1 Å². The molecule has 0 aromatic rings. The van der Waals surface area contributed by atoms with Crippen LogP contribution in [0.1, 0.15) is 33.1 Å². The number of hydrogen-bond acceptors (Lipinski definition) is 3. The lowest BCUT2D eigenvalue weighted by Crippen LogP contribution is -2.41. The Labute approximate surface area is 83.6 Å². The Morgan fingerprint density at radius 3 is 2.29 bits per heavy atom. The van der Waals surface area contributed by atoms with Gasteiger partial charge >= 0.3 is 5.97 Å². The second-order valence-electron chi connectivity index (χ2n) is 4.75. The molecule has 0 aliphatic heterocycles. The van der Waals surface area contributed by atoms with E-state index in [1.807, 2.05) is 0 Å². The van der Waals surface area contributed by atoms with Crippen molar-refractivity contribution in [1.82, 2.24) is 0 Å². The molecule has 1 aliphatic carbocycles. The molecule has 0 saturated heterocycles. The highest BCUT2D eigenvalue weighted by molar-refractivity contribution is 5.70. The van der Waals surface area contributed by atoms with E-state index in [4.69, 9.17) is 5.11 Å². The summed E-state index contributed by atoms with van der Waals surface area (Å²) in [5, 5.41) is 28.1. The van der Waals surface area contributed by atoms with Gasteiger partial charge in [-0.3, -0.25) is 4.79 Å². The standard InChI is InChI=1S/C10H18O4/c1-10(2,14)7-3-6(9(12)13)4-8(11)5-7/h6-8,11,14H,3-5H2,1-2H3,(H,12,13). The number of aliphatic hydroxyl groups is 2. The van der Waals surface area contributed by atoms with E-state index in [1.165, 1.54) is 0 Å². The quantitative estimate of drug-likeness (QED) is 0.613. The van der Waals surface area contributed by atoms with Gasteiger partial charge in [0, 0.05) is 0 Å². The van der Waals surface area contributed by atoms with Gasteiger partial charge in [0.05, 0.1) is 17.6 Å². The van der Waals surface area contributed by atoms with E-state index < -0.39 is 23.6 Å². The number of rotatable bonds is 2. The molecule has 3 N–H and O–H groups in total. The summed E-state index contributed by atoms with van der Waals surface area (Å²) in [7, 11) is 0. The highest BCUT2D eigenvalue weighted by atomic mass is 16.4. The third-order valence-corrected chi connectivity index (χ3v) is 3.03. The lowest BCUT2D eigenvalue weighted by Gasteiger charge is -2.37. The first kappa shape index (κ1) is 11.5. The van der Waals surface area contributed by atoms with Crippen molar-refractivity contribution in [2.75, 3.05) is 0 Å². The van der Waals surface area contributed by atoms with E-state index in [0.29, 0.717) is 19.3 Å². The van der Waals surface area contributed by atoms with E-state index in [0.717, 1.165) is 0 Å². The van der Waals surface area contributed by atoms with Crippen LogP contribution in [0.3, 0.4) is 0 Å². The van der Waals surface area contributed by atoms with E-state index in [9.17, 15) is 15.0 Å². The monoisotopic (exact) mass is 202 g/mol. The molecule has 0 bridgehead atoms. The smallest absolute Gasteiger partial charge is 0.306 e. The molecule has 0 spiro atoms. The number of aliphatic carboxylic acids is 1. The van der Waals surface area contributed by atoms with Crippen LogP contribution in [-0.4, -0.2) is 33.0 Å². The second-order valence-corrected chi connectivity index (χ2v) is 4.75. The molecular formula is C10H18O4. The fourth-order valence-corrected chi connectivity index (χ4v) is 2.07. The maximum absolute atomic E-state index is 10.8. The molecule has 14 heavy (non-hydrogen) atoms. The Bertz CT molecular complexity index is 219. The summed E-state index contributed by atoms with van der Waals surface area (Å²) in [6.45, 7) is 3.32. The molecule has 3 atom stereocenters. The van der Waals surface area contributed by atoms with E-state index in [1.54, 1.807) is 13.8 Å². The molecule has 1 aliphatic rings. The second kappa shape index (κ2) is 3.87. The Morgan fingerprint density at radius 2 is 1.86 bits per heavy atom. The Morgan fingerprint density at radius 1 is 1.29 bits per heavy atom. The largest absolute Gasteiger partial charge is 0.481 e. The Balaban J connectivity index is 2.68. The summed E-state index contributed by atoms with van der Waals surface area (Å²) in [6.07, 6.45) is 0.659. The molecule has 82 valence electrons. The average molecular weight is 202 g/mol. The molecule has 1 fully saturated rings. The van der Waals surface area contributed by atoms with Crippen LogP contribution < -0.4 is 0 Å². The van der Waals surface area contributed by atoms with Gasteiger partial charge in [-0.2, -0.15) is 0 Å². The van der Waals surface area contributed by atoms with Crippen molar-refractivity contribution in [3.05, 3.63) is 0 Å². The van der Waals surface area contributed by atoms with Gasteiger partial charge in [-0.25, -0.2) is 0 Å². The Hall–Kier alpha value is -0.610. The zero-order valence-corrected chi connectivity index (χ0v) is 8.60. The van der Waals surface area contributed by atoms with Gasteiger partial charge in [0.15, 0.2) is 0 Å². The lowest BCUT2D eigenvalue weighted by molar-refractivity contribution is -0.147. The molecule has 4 nitrogen and oxygen atoms in total. The first-order chi connectivity index (χ1) is 6.30. The third kappa shape index (κ3) is 2.69. The predicted octanol–water partition coefficient (Wildman–Crippen LogP) is 0.619. The van der Waals surface area contributed by atoms with Crippen LogP contribution in [0.2, 0.25) is 0 Å². The van der Waals surface area contributed by atoms with Crippen LogP contribution in [0, 0.1) is 11.8 Å². The summed E-state index contributed by atoms with van der Waals surface area (Å²) in [6, 6.07) is 0. The van der Waals surface area contributed by atoms with Gasteiger partial charge in [0.25, 0.3) is 0 Å². The van der Waals surface area contributed by atoms with Crippen molar-refractivity contribution in [2.45, 2.75) is 44.8 Å². The fourth-order valence-electron chi connectivity index (χ4n) is 2.07. The maximum atomic E-state index is 10.8. The average Bonchev–Trinajstić information content (AvgIpc) is 2.01. The third-order valence-electron chi connectivity index (χ3n) is 3.03. The van der Waals surface area contributed by atoms with Gasteiger partial charge in [0.1, 0.15) is 0 Å². The highest BCUT2D eigenvalue weighted by Crippen LogP contribution is 2.35. The lowest BCUT2D eigenvalue weighted by atomic mass is 9.73. The predicted molar refractivity (Wildman–Crippen MR) is 50.8 cm³/mol. The summed E-state index contributed by atoms with van der Waals surface area (Å²) < 4.78 is 0. The van der Waals surface area contributed by atoms with E-state index in [2.05, 4.69) is 0 Å². The normalized spacial score (nSPS) is 34.1. The fraction of sp³-hybridized carbons (Fsp3) is 0.900. The Kier molecular flexibility index (Phi) is 3.17. The van der Waals surface area contributed by atoms with Crippen LogP contribution in [0.15, 0.2) is 0 Å². The van der Waals surface area contributed by atoms with Crippen molar-refractivity contribution in [3.8, 4) is 0 Å². The minimum Gasteiger partial charge on any atom is -0.481 e. The summed E-state index contributed by atoms with van der Waals surface area (Å²) >= 11 is 0. The molecule has 0 radical (unpaired) electrons. The van der Waals surface area contributed by atoms with E-state index in [-0.39, 0.29) is 5.92 Å². The summed E-state index contributed by atoms with van der Waals surface area (Å²) in [4.78, 5) is 10.8. The first-order valence-electron chi connectivity index (χ1n) is 4.94. The summed E-state index contributed by atoms with van der Waals surface area (Å²) in [5.41, 5.74) is -0.908. The van der Waals surface area contributed by atoms with Gasteiger partial charge in [-0.15, -0.1) is 0 Å². The van der Waals surface area contributed by atoms with Crippen LogP contribution >= 0.6 is 0 Å². The van der Waals surface area contributed by atoms with Crippen molar-refractivity contribution in [1.29, 1.82) is 0 Å². The van der Waals surface area contributed by atoms with Gasteiger partial charge in [-0.1, -0.05) is 0 Å². The van der Waals surface area contributed by atoms with Crippen molar-refractivity contribution in [3.63, 3.8) is 0 Å². The highest BCUT2D eigenvalue weighted by Gasteiger charge is 2.38. The number of carboxylic acid groups (broad SMARTS) is 1. The first-order valence-corrected chi connectivity index (χ1v) is 4.94. The molecule has 1 saturated carbocycles. The molecule has 0 amide bonds. The molecule has 0 aromatic heterocycles. The molecule has 0 aromatic carbocycles. The van der Waals surface area contributed by atoms with Crippen molar-refractivity contribution >= 4 is 5.97 Å². The van der Waals surface area contributed by atoms with Crippen LogP contribution in [0.5, 0.6) is 0 Å². The topological polar surface area (TPSA) is 77.8 Å². The number of aliphatic hydroxyl groups excluding tert-OH is 1.